The van der Waals surface area contributed by atoms with Gasteiger partial charge in [-0.05, 0) is 49.4 Å². The van der Waals surface area contributed by atoms with Gasteiger partial charge in [0.05, 0.1) is 23.0 Å². The Morgan fingerprint density at radius 1 is 1.18 bits per heavy atom. The first-order valence-electron chi connectivity index (χ1n) is 10.7. The van der Waals surface area contributed by atoms with Crippen LogP contribution in [-0.4, -0.2) is 32.4 Å². The molecule has 0 unspecified atom stereocenters. The van der Waals surface area contributed by atoms with Crippen molar-refractivity contribution >= 4 is 45.4 Å². The number of nitrogens with one attached hydrogen (secondary N) is 1. The first-order valence-corrected chi connectivity index (χ1v) is 12.5. The number of rotatable bonds is 6. The van der Waals surface area contributed by atoms with Gasteiger partial charge in [0.2, 0.25) is 0 Å². The summed E-state index contributed by atoms with van der Waals surface area (Å²) in [5, 5.41) is 5.21. The zero-order chi connectivity index (χ0) is 22.6. The number of hydrazone groups is 1. The second-order valence-electron chi connectivity index (χ2n) is 7.63. The highest BCUT2D eigenvalue weighted by atomic mass is 32.2. The van der Waals surface area contributed by atoms with Gasteiger partial charge in [0.1, 0.15) is 4.83 Å². The zero-order valence-electron chi connectivity index (χ0n) is 17.7. The Labute approximate surface area is 198 Å². The maximum absolute atomic E-state index is 13.6. The van der Waals surface area contributed by atoms with Crippen LogP contribution in [0.1, 0.15) is 28.8 Å². The van der Waals surface area contributed by atoms with Crippen molar-refractivity contribution in [1.29, 1.82) is 0 Å². The molecule has 0 bridgehead atoms. The van der Waals surface area contributed by atoms with Crippen molar-refractivity contribution in [3.63, 3.8) is 0 Å². The minimum Gasteiger partial charge on any atom is -0.272 e. The summed E-state index contributed by atoms with van der Waals surface area (Å²) in [6.45, 7) is 0. The van der Waals surface area contributed by atoms with E-state index in [0.29, 0.717) is 5.16 Å². The van der Waals surface area contributed by atoms with E-state index < -0.39 is 0 Å². The molecule has 33 heavy (non-hydrogen) atoms. The molecule has 1 aliphatic rings. The second-order valence-corrected chi connectivity index (χ2v) is 9.66. The quantitative estimate of drug-likeness (QED) is 0.197. The minimum absolute atomic E-state index is 0.0666. The lowest BCUT2D eigenvalue weighted by Crippen LogP contribution is -2.24. The molecule has 7 nitrogen and oxygen atoms in total. The van der Waals surface area contributed by atoms with E-state index in [0.717, 1.165) is 52.7 Å². The van der Waals surface area contributed by atoms with Crippen molar-refractivity contribution in [3.05, 3.63) is 81.2 Å². The molecule has 0 atom stereocenters. The van der Waals surface area contributed by atoms with E-state index in [4.69, 9.17) is 4.98 Å². The number of aromatic nitrogens is 3. The van der Waals surface area contributed by atoms with Crippen LogP contribution in [-0.2, 0) is 17.6 Å². The van der Waals surface area contributed by atoms with Crippen molar-refractivity contribution < 1.29 is 4.79 Å². The number of fused-ring (bicyclic) bond motifs is 3. The number of carbonyl (C=O) groups excluding carboxylic acids is 1. The third-order valence-electron chi connectivity index (χ3n) is 5.39. The molecule has 0 spiro atoms. The Morgan fingerprint density at radius 3 is 2.85 bits per heavy atom. The number of aryl methyl sites for hydroxylation is 2. The molecular formula is C24H21N5O2S2. The second kappa shape index (κ2) is 9.68. The number of thioether (sulfide) groups is 1. The van der Waals surface area contributed by atoms with Crippen molar-refractivity contribution in [2.75, 3.05) is 5.75 Å². The van der Waals surface area contributed by atoms with E-state index in [2.05, 4.69) is 15.5 Å². The molecule has 166 valence electrons. The van der Waals surface area contributed by atoms with Gasteiger partial charge in [0, 0.05) is 22.8 Å². The Morgan fingerprint density at radius 2 is 2.03 bits per heavy atom. The van der Waals surface area contributed by atoms with Crippen LogP contribution in [0.2, 0.25) is 0 Å². The highest BCUT2D eigenvalue weighted by Crippen LogP contribution is 2.35. The van der Waals surface area contributed by atoms with E-state index in [1.165, 1.54) is 22.9 Å². The number of thiophene rings is 1. The van der Waals surface area contributed by atoms with Gasteiger partial charge in [-0.15, -0.1) is 11.3 Å². The molecule has 0 fully saturated rings. The minimum atomic E-state index is -0.278. The van der Waals surface area contributed by atoms with Crippen LogP contribution < -0.4 is 11.0 Å². The average Bonchev–Trinajstić information content (AvgIpc) is 3.23. The smallest absolute Gasteiger partial charge is 0.267 e. The molecular weight excluding hydrogens is 454 g/mol. The fourth-order valence-electron chi connectivity index (χ4n) is 3.88. The molecule has 1 N–H and O–H groups in total. The van der Waals surface area contributed by atoms with E-state index in [1.54, 1.807) is 34.4 Å². The number of amides is 1. The summed E-state index contributed by atoms with van der Waals surface area (Å²) in [5.41, 5.74) is 5.14. The number of pyridine rings is 1. The summed E-state index contributed by atoms with van der Waals surface area (Å²) in [5.74, 6) is -0.195. The molecule has 1 aliphatic carbocycles. The van der Waals surface area contributed by atoms with Crippen molar-refractivity contribution in [2.24, 2.45) is 5.10 Å². The molecule has 5 rings (SSSR count). The summed E-state index contributed by atoms with van der Waals surface area (Å²) in [7, 11) is 0. The third-order valence-corrected chi connectivity index (χ3v) is 7.52. The van der Waals surface area contributed by atoms with Gasteiger partial charge < -0.3 is 0 Å². The zero-order valence-corrected chi connectivity index (χ0v) is 19.4. The maximum atomic E-state index is 13.6. The molecule has 0 radical (unpaired) electrons. The summed E-state index contributed by atoms with van der Waals surface area (Å²) in [6.07, 6.45) is 9.03. The van der Waals surface area contributed by atoms with Crippen LogP contribution in [0, 0.1) is 0 Å². The molecule has 0 saturated heterocycles. The Kier molecular flexibility index (Phi) is 6.32. The molecule has 9 heteroatoms. The normalized spacial score (nSPS) is 13.3. The molecule has 0 saturated carbocycles. The summed E-state index contributed by atoms with van der Waals surface area (Å²) in [4.78, 5) is 36.9. The van der Waals surface area contributed by atoms with Crippen LogP contribution in [0.4, 0.5) is 0 Å². The maximum Gasteiger partial charge on any atom is 0.267 e. The third kappa shape index (κ3) is 4.60. The molecule has 3 aromatic heterocycles. The summed E-state index contributed by atoms with van der Waals surface area (Å²) < 4.78 is 1.63. The standard InChI is InChI=1S/C24H21N5O2S2/c30-20(28-26-14-16-7-6-12-25-13-16)15-32-24-27-22-21(18-10-4-5-11-19(18)33-22)23(31)29(24)17-8-2-1-3-9-17/h1-3,6-9,12-14H,4-5,10-11,15H2,(H,28,30)/b26-14+. The Bertz CT molecular complexity index is 1380. The van der Waals surface area contributed by atoms with Gasteiger partial charge >= 0.3 is 0 Å². The Balaban J connectivity index is 1.44. The average molecular weight is 476 g/mol. The molecule has 0 aliphatic heterocycles. The SMILES string of the molecule is O=C(CSc1nc2sc3c(c2c(=O)n1-c1ccccc1)CCCC3)N/N=C/c1cccnc1. The summed E-state index contributed by atoms with van der Waals surface area (Å²) >= 11 is 2.84. The summed E-state index contributed by atoms with van der Waals surface area (Å²) in [6, 6.07) is 13.1. The van der Waals surface area contributed by atoms with Gasteiger partial charge in [-0.25, -0.2) is 10.4 Å². The van der Waals surface area contributed by atoms with Crippen LogP contribution in [0.25, 0.3) is 15.9 Å². The van der Waals surface area contributed by atoms with Crippen molar-refractivity contribution in [1.82, 2.24) is 20.0 Å². The van der Waals surface area contributed by atoms with E-state index >= 15 is 0 Å². The van der Waals surface area contributed by atoms with E-state index in [9.17, 15) is 9.59 Å². The van der Waals surface area contributed by atoms with Crippen molar-refractivity contribution in [2.45, 2.75) is 30.8 Å². The fraction of sp³-hybridized carbons (Fsp3) is 0.208. The van der Waals surface area contributed by atoms with Gasteiger partial charge in [0.25, 0.3) is 11.5 Å². The highest BCUT2D eigenvalue weighted by Gasteiger charge is 2.23. The lowest BCUT2D eigenvalue weighted by Gasteiger charge is -2.13. The van der Waals surface area contributed by atoms with E-state index in [1.807, 2.05) is 36.4 Å². The van der Waals surface area contributed by atoms with Gasteiger partial charge in [-0.2, -0.15) is 5.10 Å². The number of hydrogen-bond donors (Lipinski definition) is 1. The van der Waals surface area contributed by atoms with Crippen LogP contribution in [0.5, 0.6) is 0 Å². The number of benzene rings is 1. The number of nitrogens with zero attached hydrogens (tertiary/aromatic N) is 4. The van der Waals surface area contributed by atoms with Crippen LogP contribution >= 0.6 is 23.1 Å². The van der Waals surface area contributed by atoms with Crippen LogP contribution in [0.3, 0.4) is 0 Å². The first kappa shape index (κ1) is 21.5. The van der Waals surface area contributed by atoms with Gasteiger partial charge in [0.15, 0.2) is 5.16 Å². The number of hydrogen-bond acceptors (Lipinski definition) is 7. The molecule has 1 aromatic carbocycles. The van der Waals surface area contributed by atoms with Gasteiger partial charge in [-0.3, -0.25) is 19.1 Å². The monoisotopic (exact) mass is 475 g/mol. The van der Waals surface area contributed by atoms with Crippen LogP contribution in [0.15, 0.2) is 69.9 Å². The van der Waals surface area contributed by atoms with Crippen molar-refractivity contribution in [3.8, 4) is 5.69 Å². The lowest BCUT2D eigenvalue weighted by molar-refractivity contribution is -0.118. The number of para-hydroxylation sites is 1. The molecule has 4 aromatic rings. The number of carbonyl (C=O) groups is 1. The predicted octanol–water partition coefficient (Wildman–Crippen LogP) is 3.96. The molecule has 1 amide bonds. The lowest BCUT2D eigenvalue weighted by atomic mass is 9.97. The highest BCUT2D eigenvalue weighted by molar-refractivity contribution is 7.99. The predicted molar refractivity (Wildman–Crippen MR) is 133 cm³/mol. The first-order chi connectivity index (χ1) is 16.2. The fourth-order valence-corrected chi connectivity index (χ4v) is 5.99. The Hall–Kier alpha value is -3.30. The van der Waals surface area contributed by atoms with Gasteiger partial charge in [-0.1, -0.05) is 36.0 Å². The van der Waals surface area contributed by atoms with E-state index in [-0.39, 0.29) is 17.2 Å². The largest absolute Gasteiger partial charge is 0.272 e. The molecule has 3 heterocycles. The topological polar surface area (TPSA) is 89.2 Å².